The van der Waals surface area contributed by atoms with Crippen LogP contribution in [-0.4, -0.2) is 32.2 Å². The molecule has 0 N–H and O–H groups in total. The molecule has 26 heavy (non-hydrogen) atoms. The number of aromatic nitrogens is 1. The molecule has 0 radical (unpaired) electrons. The van der Waals surface area contributed by atoms with E-state index < -0.39 is 0 Å². The number of ether oxygens (including phenoxy) is 3. The zero-order chi connectivity index (χ0) is 18.7. The molecule has 3 aromatic rings. The molecule has 5 heteroatoms. The molecule has 1 aromatic heterocycles. The van der Waals surface area contributed by atoms with Crippen molar-refractivity contribution in [3.63, 3.8) is 0 Å². The molecular weight excluding hydrogens is 330 g/mol. The Labute approximate surface area is 152 Å². The highest BCUT2D eigenvalue weighted by molar-refractivity contribution is 5.98. The molecule has 0 aliphatic rings. The summed E-state index contributed by atoms with van der Waals surface area (Å²) in [6.07, 6.45) is 6.68. The van der Waals surface area contributed by atoms with Gasteiger partial charge in [-0.2, -0.15) is 0 Å². The first kappa shape index (κ1) is 17.6. The van der Waals surface area contributed by atoms with Gasteiger partial charge in [0.25, 0.3) is 0 Å². The average molecular weight is 351 g/mol. The van der Waals surface area contributed by atoms with E-state index in [0.717, 1.165) is 28.3 Å². The highest BCUT2D eigenvalue weighted by Crippen LogP contribution is 2.38. The van der Waals surface area contributed by atoms with E-state index in [2.05, 4.69) is 0 Å². The number of rotatable bonds is 6. The summed E-state index contributed by atoms with van der Waals surface area (Å²) < 4.78 is 18.1. The Balaban J connectivity index is 1.99. The van der Waals surface area contributed by atoms with Gasteiger partial charge in [0, 0.05) is 29.7 Å². The second kappa shape index (κ2) is 7.35. The van der Waals surface area contributed by atoms with Crippen molar-refractivity contribution in [2.45, 2.75) is 0 Å². The van der Waals surface area contributed by atoms with Gasteiger partial charge >= 0.3 is 0 Å². The fourth-order valence-corrected chi connectivity index (χ4v) is 3.03. The van der Waals surface area contributed by atoms with Gasteiger partial charge in [0.2, 0.25) is 5.75 Å². The molecule has 5 nitrogen and oxygen atoms in total. The van der Waals surface area contributed by atoms with Crippen LogP contribution in [0.3, 0.4) is 0 Å². The number of aryl methyl sites for hydroxylation is 1. The zero-order valence-corrected chi connectivity index (χ0v) is 15.3. The molecule has 0 aliphatic heterocycles. The van der Waals surface area contributed by atoms with Crippen LogP contribution < -0.4 is 14.2 Å². The molecule has 0 unspecified atom stereocenters. The fourth-order valence-electron chi connectivity index (χ4n) is 3.03. The fraction of sp³-hybridized carbons (Fsp3) is 0.190. The monoisotopic (exact) mass is 351 g/mol. The molecule has 0 atom stereocenters. The van der Waals surface area contributed by atoms with Gasteiger partial charge in [0.1, 0.15) is 0 Å². The van der Waals surface area contributed by atoms with Crippen LogP contribution in [0.25, 0.3) is 23.1 Å². The third-order valence-corrected chi connectivity index (χ3v) is 4.33. The van der Waals surface area contributed by atoms with E-state index in [4.69, 9.17) is 14.2 Å². The Morgan fingerprint density at radius 1 is 0.885 bits per heavy atom. The van der Waals surface area contributed by atoms with Crippen LogP contribution in [0.4, 0.5) is 0 Å². The summed E-state index contributed by atoms with van der Waals surface area (Å²) in [6, 6.07) is 9.81. The van der Waals surface area contributed by atoms with Crippen molar-refractivity contribution in [1.29, 1.82) is 0 Å². The number of methoxy groups -OCH3 is 3. The maximum absolute atomic E-state index is 11.3. The molecule has 0 saturated heterocycles. The Bertz CT molecular complexity index is 960. The Morgan fingerprint density at radius 3 is 2.12 bits per heavy atom. The van der Waals surface area contributed by atoms with Crippen molar-refractivity contribution in [3.05, 3.63) is 53.2 Å². The van der Waals surface area contributed by atoms with Crippen LogP contribution >= 0.6 is 0 Å². The minimum Gasteiger partial charge on any atom is -0.493 e. The van der Waals surface area contributed by atoms with Gasteiger partial charge in [-0.3, -0.25) is 4.79 Å². The van der Waals surface area contributed by atoms with Gasteiger partial charge < -0.3 is 18.8 Å². The summed E-state index contributed by atoms with van der Waals surface area (Å²) >= 11 is 0. The van der Waals surface area contributed by atoms with E-state index in [0.29, 0.717) is 22.8 Å². The van der Waals surface area contributed by atoms with Crippen LogP contribution in [-0.2, 0) is 7.05 Å². The Morgan fingerprint density at radius 2 is 1.54 bits per heavy atom. The van der Waals surface area contributed by atoms with Gasteiger partial charge in [0.05, 0.1) is 21.3 Å². The smallest absolute Gasteiger partial charge is 0.203 e. The first-order chi connectivity index (χ1) is 12.6. The lowest BCUT2D eigenvalue weighted by Crippen LogP contribution is -1.95. The van der Waals surface area contributed by atoms with E-state index in [9.17, 15) is 4.79 Å². The van der Waals surface area contributed by atoms with E-state index in [1.165, 1.54) is 0 Å². The molecule has 3 rings (SSSR count). The summed E-state index contributed by atoms with van der Waals surface area (Å²) in [5, 5.41) is 0.939. The largest absolute Gasteiger partial charge is 0.493 e. The standard InChI is InChI=1S/C21H21NO4/c1-22-12-16(13-23)17-9-14(7-8-18(17)22)5-6-15-10-19(24-2)21(26-4)20(11-15)25-3/h5-13H,1-4H3/b6-5-. The number of fused-ring (bicyclic) bond motifs is 1. The van der Waals surface area contributed by atoms with Crippen molar-refractivity contribution in [2.24, 2.45) is 7.05 Å². The highest BCUT2D eigenvalue weighted by atomic mass is 16.5. The molecule has 0 bridgehead atoms. The van der Waals surface area contributed by atoms with Crippen molar-refractivity contribution < 1.29 is 19.0 Å². The molecule has 1 heterocycles. The normalized spacial score (nSPS) is 11.1. The molecule has 0 saturated carbocycles. The Hall–Kier alpha value is -3.21. The number of hydrogen-bond donors (Lipinski definition) is 0. The summed E-state index contributed by atoms with van der Waals surface area (Å²) in [5.74, 6) is 1.77. The van der Waals surface area contributed by atoms with Crippen molar-refractivity contribution in [1.82, 2.24) is 4.57 Å². The number of benzene rings is 2. The average Bonchev–Trinajstić information content (AvgIpc) is 3.00. The predicted octanol–water partition coefficient (Wildman–Crippen LogP) is 4.19. The topological polar surface area (TPSA) is 49.7 Å². The third-order valence-electron chi connectivity index (χ3n) is 4.33. The molecular formula is C21H21NO4. The maximum atomic E-state index is 11.3. The Kier molecular flexibility index (Phi) is 4.98. The van der Waals surface area contributed by atoms with Crippen LogP contribution in [0, 0.1) is 0 Å². The van der Waals surface area contributed by atoms with Crippen molar-refractivity contribution in [2.75, 3.05) is 21.3 Å². The van der Waals surface area contributed by atoms with Gasteiger partial charge in [-0.25, -0.2) is 0 Å². The lowest BCUT2D eigenvalue weighted by molar-refractivity contribution is 0.112. The number of hydrogen-bond acceptors (Lipinski definition) is 4. The molecule has 0 amide bonds. The minimum atomic E-state index is 0.563. The molecule has 0 fully saturated rings. The van der Waals surface area contributed by atoms with Crippen LogP contribution in [0.2, 0.25) is 0 Å². The van der Waals surface area contributed by atoms with Gasteiger partial charge in [0.15, 0.2) is 17.8 Å². The van der Waals surface area contributed by atoms with Crippen LogP contribution in [0.5, 0.6) is 17.2 Å². The number of aldehydes is 1. The maximum Gasteiger partial charge on any atom is 0.203 e. The number of carbonyl (C=O) groups excluding carboxylic acids is 1. The van der Waals surface area contributed by atoms with Crippen molar-refractivity contribution >= 4 is 29.3 Å². The second-order valence-corrected chi connectivity index (χ2v) is 5.88. The first-order valence-corrected chi connectivity index (χ1v) is 8.13. The summed E-state index contributed by atoms with van der Waals surface area (Å²) in [5.41, 5.74) is 3.63. The summed E-state index contributed by atoms with van der Waals surface area (Å²) in [6.45, 7) is 0. The van der Waals surface area contributed by atoms with Crippen molar-refractivity contribution in [3.8, 4) is 17.2 Å². The van der Waals surface area contributed by atoms with E-state index in [1.807, 2.05) is 60.3 Å². The van der Waals surface area contributed by atoms with E-state index in [1.54, 1.807) is 21.3 Å². The second-order valence-electron chi connectivity index (χ2n) is 5.88. The van der Waals surface area contributed by atoms with Gasteiger partial charge in [-0.15, -0.1) is 0 Å². The molecule has 0 spiro atoms. The van der Waals surface area contributed by atoms with Crippen LogP contribution in [0.1, 0.15) is 21.5 Å². The molecule has 0 aliphatic carbocycles. The summed E-state index contributed by atoms with van der Waals surface area (Å²) in [4.78, 5) is 11.3. The number of carbonyl (C=O) groups is 1. The van der Waals surface area contributed by atoms with E-state index >= 15 is 0 Å². The van der Waals surface area contributed by atoms with Gasteiger partial charge in [-0.05, 0) is 35.4 Å². The first-order valence-electron chi connectivity index (χ1n) is 8.13. The number of nitrogens with zero attached hydrogens (tertiary/aromatic N) is 1. The van der Waals surface area contributed by atoms with E-state index in [-0.39, 0.29) is 0 Å². The predicted molar refractivity (Wildman–Crippen MR) is 103 cm³/mol. The molecule has 2 aromatic carbocycles. The SMILES string of the molecule is COc1cc(/C=C\c2ccc3c(c2)c(C=O)cn3C)cc(OC)c1OC. The lowest BCUT2D eigenvalue weighted by Gasteiger charge is -2.12. The highest BCUT2D eigenvalue weighted by Gasteiger charge is 2.12. The molecule has 134 valence electrons. The van der Waals surface area contributed by atoms with Crippen LogP contribution in [0.15, 0.2) is 36.5 Å². The minimum absolute atomic E-state index is 0.563. The lowest BCUT2D eigenvalue weighted by atomic mass is 10.1. The van der Waals surface area contributed by atoms with Gasteiger partial charge in [-0.1, -0.05) is 18.2 Å². The quantitative estimate of drug-likeness (QED) is 0.494. The zero-order valence-electron chi connectivity index (χ0n) is 15.3. The summed E-state index contributed by atoms with van der Waals surface area (Å²) in [7, 11) is 6.69. The third kappa shape index (κ3) is 3.16.